The molecule has 1 aromatic rings. The second kappa shape index (κ2) is 10.5. The van der Waals surface area contributed by atoms with Crippen molar-refractivity contribution in [2.45, 2.75) is 68.4 Å². The number of para-hydroxylation sites is 1. The van der Waals surface area contributed by atoms with Crippen molar-refractivity contribution in [3.05, 3.63) is 53.6 Å². The Bertz CT molecular complexity index is 1160. The van der Waals surface area contributed by atoms with Gasteiger partial charge in [-0.1, -0.05) is 55.3 Å². The second-order valence-electron chi connectivity index (χ2n) is 11.1. The molecule has 204 valence electrons. The Morgan fingerprint density at radius 2 is 1.74 bits per heavy atom. The van der Waals surface area contributed by atoms with E-state index in [1.165, 1.54) is 0 Å². The summed E-state index contributed by atoms with van der Waals surface area (Å²) in [6.07, 6.45) is 12.0. The van der Waals surface area contributed by atoms with E-state index in [1.807, 2.05) is 56.0 Å². The number of likely N-dealkylation sites (tertiary alicyclic amines) is 1. The van der Waals surface area contributed by atoms with Crippen LogP contribution < -0.4 is 4.90 Å². The van der Waals surface area contributed by atoms with Gasteiger partial charge >= 0.3 is 5.97 Å². The molecule has 0 radical (unpaired) electrons. The van der Waals surface area contributed by atoms with Crippen LogP contribution in [0.25, 0.3) is 0 Å². The molecule has 8 heteroatoms. The van der Waals surface area contributed by atoms with Gasteiger partial charge in [0.25, 0.3) is 5.91 Å². The van der Waals surface area contributed by atoms with Crippen LogP contribution >= 0.6 is 11.8 Å². The first kappa shape index (κ1) is 27.0. The number of hydrogen-bond donors (Lipinski definition) is 1. The molecular formula is C30H38N2O5S. The monoisotopic (exact) mass is 538 g/mol. The third kappa shape index (κ3) is 4.30. The summed E-state index contributed by atoms with van der Waals surface area (Å²) in [5.41, 5.74) is 2.91. The summed E-state index contributed by atoms with van der Waals surface area (Å²) in [6, 6.07) is 5.29. The van der Waals surface area contributed by atoms with Crippen molar-refractivity contribution in [2.24, 2.45) is 11.8 Å². The van der Waals surface area contributed by atoms with Gasteiger partial charge in [-0.2, -0.15) is 0 Å². The van der Waals surface area contributed by atoms with Crippen LogP contribution in [-0.2, 0) is 19.1 Å². The van der Waals surface area contributed by atoms with Crippen LogP contribution in [0, 0.1) is 25.7 Å². The summed E-state index contributed by atoms with van der Waals surface area (Å²) in [7, 11) is 0. The number of amides is 2. The Balaban J connectivity index is 1.59. The molecule has 0 aromatic heterocycles. The maximum absolute atomic E-state index is 14.6. The SMILES string of the molecule is Cc1cccc(C)c1N1CC=C[C@]23S[C@]4(C)C=CCCOC(=O)[C@@H]4[C@H]2C(=O)N(CCCCCCO)C3C1=O. The van der Waals surface area contributed by atoms with Gasteiger partial charge in [0.2, 0.25) is 5.91 Å². The average Bonchev–Trinajstić information content (AvgIpc) is 3.18. The van der Waals surface area contributed by atoms with E-state index in [0.29, 0.717) is 26.1 Å². The van der Waals surface area contributed by atoms with Crippen molar-refractivity contribution in [1.82, 2.24) is 4.90 Å². The van der Waals surface area contributed by atoms with Gasteiger partial charge in [-0.3, -0.25) is 14.4 Å². The lowest BCUT2D eigenvalue weighted by molar-refractivity contribution is -0.154. The average molecular weight is 539 g/mol. The lowest BCUT2D eigenvalue weighted by Gasteiger charge is -2.37. The van der Waals surface area contributed by atoms with Gasteiger partial charge in [0, 0.05) is 30.1 Å². The molecule has 7 nitrogen and oxygen atoms in total. The Hall–Kier alpha value is -2.58. The van der Waals surface area contributed by atoms with Crippen LogP contribution in [0.2, 0.25) is 0 Å². The maximum Gasteiger partial charge on any atom is 0.311 e. The molecule has 0 saturated carbocycles. The first-order valence-electron chi connectivity index (χ1n) is 13.8. The molecule has 5 atom stereocenters. The van der Waals surface area contributed by atoms with Crippen molar-refractivity contribution < 1.29 is 24.2 Å². The number of aliphatic hydroxyl groups is 1. The molecule has 2 saturated heterocycles. The van der Waals surface area contributed by atoms with Crippen LogP contribution in [0.15, 0.2) is 42.5 Å². The fourth-order valence-corrected chi connectivity index (χ4v) is 9.06. The normalized spacial score (nSPS) is 32.4. The predicted molar refractivity (Wildman–Crippen MR) is 149 cm³/mol. The Morgan fingerprint density at radius 1 is 1.00 bits per heavy atom. The topological polar surface area (TPSA) is 87.2 Å². The van der Waals surface area contributed by atoms with Gasteiger partial charge in [0.1, 0.15) is 6.04 Å². The highest BCUT2D eigenvalue weighted by Gasteiger charge is 2.73. The van der Waals surface area contributed by atoms with E-state index in [4.69, 9.17) is 9.84 Å². The van der Waals surface area contributed by atoms with Crippen LogP contribution in [0.5, 0.6) is 0 Å². The summed E-state index contributed by atoms with van der Waals surface area (Å²) >= 11 is 1.59. The van der Waals surface area contributed by atoms with E-state index in [0.717, 1.165) is 42.5 Å². The highest BCUT2D eigenvalue weighted by atomic mass is 32.2. The van der Waals surface area contributed by atoms with Crippen molar-refractivity contribution in [2.75, 3.05) is 31.2 Å². The van der Waals surface area contributed by atoms with Crippen molar-refractivity contribution >= 4 is 35.2 Å². The molecular weight excluding hydrogens is 500 g/mol. The van der Waals surface area contributed by atoms with Gasteiger partial charge in [0.15, 0.2) is 0 Å². The Labute approximate surface area is 229 Å². The van der Waals surface area contributed by atoms with E-state index in [-0.39, 0.29) is 24.4 Å². The van der Waals surface area contributed by atoms with Gasteiger partial charge in [-0.15, -0.1) is 11.8 Å². The summed E-state index contributed by atoms with van der Waals surface area (Å²) in [6.45, 7) is 7.34. The molecule has 1 N–H and O–H groups in total. The molecule has 1 aromatic carbocycles. The third-order valence-electron chi connectivity index (χ3n) is 8.54. The zero-order chi connectivity index (χ0) is 27.1. The molecule has 1 spiro atoms. The van der Waals surface area contributed by atoms with Crippen molar-refractivity contribution in [1.29, 1.82) is 0 Å². The molecule has 0 aliphatic carbocycles. The summed E-state index contributed by atoms with van der Waals surface area (Å²) in [5, 5.41) is 9.16. The fraction of sp³-hybridized carbons (Fsp3) is 0.567. The highest BCUT2D eigenvalue weighted by Crippen LogP contribution is 2.65. The molecule has 4 heterocycles. The summed E-state index contributed by atoms with van der Waals surface area (Å²) < 4.78 is 4.10. The Morgan fingerprint density at radius 3 is 2.47 bits per heavy atom. The number of fused-ring (bicyclic) bond motifs is 2. The van der Waals surface area contributed by atoms with E-state index >= 15 is 0 Å². The summed E-state index contributed by atoms with van der Waals surface area (Å²) in [4.78, 5) is 45.9. The maximum atomic E-state index is 14.6. The number of esters is 1. The number of hydrogen-bond acceptors (Lipinski definition) is 6. The van der Waals surface area contributed by atoms with Gasteiger partial charge in [-0.05, 0) is 51.2 Å². The van der Waals surface area contributed by atoms with Crippen LogP contribution in [0.3, 0.4) is 0 Å². The fourth-order valence-electron chi connectivity index (χ4n) is 6.91. The minimum atomic E-state index is -0.863. The van der Waals surface area contributed by atoms with E-state index in [9.17, 15) is 14.4 Å². The number of anilines is 1. The number of nitrogens with zero attached hydrogens (tertiary/aromatic N) is 2. The molecule has 4 aliphatic rings. The lowest BCUT2D eigenvalue weighted by atomic mass is 9.74. The highest BCUT2D eigenvalue weighted by molar-refractivity contribution is 8.02. The minimum absolute atomic E-state index is 0.0960. The van der Waals surface area contributed by atoms with Crippen LogP contribution in [0.1, 0.15) is 50.2 Å². The van der Waals surface area contributed by atoms with Gasteiger partial charge < -0.3 is 19.6 Å². The molecule has 38 heavy (non-hydrogen) atoms. The quantitative estimate of drug-likeness (QED) is 0.321. The first-order valence-corrected chi connectivity index (χ1v) is 14.6. The number of carbonyl (C=O) groups excluding carboxylic acids is 3. The minimum Gasteiger partial charge on any atom is -0.465 e. The smallest absolute Gasteiger partial charge is 0.311 e. The van der Waals surface area contributed by atoms with E-state index < -0.39 is 27.4 Å². The first-order chi connectivity index (χ1) is 18.2. The molecule has 1 unspecified atom stereocenters. The number of aryl methyl sites for hydroxylation is 2. The molecule has 5 rings (SSSR count). The molecule has 2 fully saturated rings. The number of unbranched alkanes of at least 4 members (excludes halogenated alkanes) is 3. The predicted octanol–water partition coefficient (Wildman–Crippen LogP) is 3.95. The molecule has 0 bridgehead atoms. The van der Waals surface area contributed by atoms with Crippen LogP contribution in [-0.4, -0.2) is 69.6 Å². The van der Waals surface area contributed by atoms with Crippen molar-refractivity contribution in [3.8, 4) is 0 Å². The second-order valence-corrected chi connectivity index (χ2v) is 12.9. The number of carbonyl (C=O) groups is 3. The number of benzene rings is 1. The van der Waals surface area contributed by atoms with Gasteiger partial charge in [-0.25, -0.2) is 0 Å². The summed E-state index contributed by atoms with van der Waals surface area (Å²) in [5.74, 6) is -1.91. The molecule has 4 aliphatic heterocycles. The van der Waals surface area contributed by atoms with E-state index in [2.05, 4.69) is 12.2 Å². The van der Waals surface area contributed by atoms with Crippen LogP contribution in [0.4, 0.5) is 5.69 Å². The standard InChI is InChI=1S/C30H38N2O5S/c1-20-12-10-13-21(2)24(20)31-17-11-15-30-22(23-28(36)37-19-9-6-14-29(23,3)38-30)26(34)32(25(30)27(31)35)16-7-4-5-8-18-33/h6,10-15,22-23,25,33H,4-5,7-9,16-19H2,1-3H3/t22-,23-,25?,29+,30-/m0/s1. The number of rotatable bonds is 7. The number of aliphatic hydroxyl groups excluding tert-OH is 1. The zero-order valence-electron chi connectivity index (χ0n) is 22.5. The molecule has 2 amide bonds. The largest absolute Gasteiger partial charge is 0.465 e. The van der Waals surface area contributed by atoms with E-state index in [1.54, 1.807) is 16.7 Å². The zero-order valence-corrected chi connectivity index (χ0v) is 23.3. The van der Waals surface area contributed by atoms with Crippen molar-refractivity contribution in [3.63, 3.8) is 0 Å². The Kier molecular flexibility index (Phi) is 7.48. The van der Waals surface area contributed by atoms with Gasteiger partial charge in [0.05, 0.1) is 23.2 Å². The number of cyclic esters (lactones) is 1. The number of ether oxygens (including phenoxy) is 1. The lowest BCUT2D eigenvalue weighted by Crippen LogP contribution is -2.53. The third-order valence-corrected chi connectivity index (χ3v) is 10.3. The number of thioether (sulfide) groups is 1.